The van der Waals surface area contributed by atoms with Crippen LogP contribution in [-0.4, -0.2) is 46.6 Å². The lowest BCUT2D eigenvalue weighted by molar-refractivity contribution is -0.145. The Morgan fingerprint density at radius 3 is 2.52 bits per heavy atom. The van der Waals surface area contributed by atoms with Gasteiger partial charge in [-0.2, -0.15) is 0 Å². The summed E-state index contributed by atoms with van der Waals surface area (Å²) in [7, 11) is 0. The lowest BCUT2D eigenvalue weighted by Gasteiger charge is -2.20. The largest absolute Gasteiger partial charge is 0.481 e. The summed E-state index contributed by atoms with van der Waals surface area (Å²) in [5, 5.41) is 9.71. The third kappa shape index (κ3) is 5.60. The second-order valence-corrected chi connectivity index (χ2v) is 6.16. The summed E-state index contributed by atoms with van der Waals surface area (Å²) in [5.41, 5.74) is 2.11. The van der Waals surface area contributed by atoms with Gasteiger partial charge in [-0.15, -0.1) is 0 Å². The normalized spacial score (nSPS) is 11.2. The van der Waals surface area contributed by atoms with Gasteiger partial charge in [-0.25, -0.2) is 0 Å². The first-order valence-corrected chi connectivity index (χ1v) is 8.78. The highest BCUT2D eigenvalue weighted by molar-refractivity contribution is 5.92. The molecule has 0 fully saturated rings. The molecule has 1 heterocycles. The fourth-order valence-electron chi connectivity index (χ4n) is 2.97. The number of H-pyrrole nitrogens is 1. The summed E-state index contributed by atoms with van der Waals surface area (Å²) in [6, 6.07) is 5.35. The van der Waals surface area contributed by atoms with E-state index in [9.17, 15) is 9.59 Å². The van der Waals surface area contributed by atoms with Crippen LogP contribution in [0.15, 0.2) is 24.4 Å². The second-order valence-electron chi connectivity index (χ2n) is 6.16. The van der Waals surface area contributed by atoms with Crippen molar-refractivity contribution in [3.05, 3.63) is 30.0 Å². The average Bonchev–Trinajstić information content (AvgIpc) is 2.94. The summed E-state index contributed by atoms with van der Waals surface area (Å²) >= 11 is 0. The van der Waals surface area contributed by atoms with Crippen LogP contribution in [0.3, 0.4) is 0 Å². The molecule has 2 aromatic rings. The van der Waals surface area contributed by atoms with Crippen LogP contribution in [0.5, 0.6) is 5.75 Å². The van der Waals surface area contributed by atoms with Gasteiger partial charge >= 0.3 is 11.9 Å². The molecule has 0 atom stereocenters. The Labute approximate surface area is 147 Å². The average molecular weight is 346 g/mol. The first-order valence-electron chi connectivity index (χ1n) is 8.78. The fourth-order valence-corrected chi connectivity index (χ4v) is 2.97. The highest BCUT2D eigenvalue weighted by atomic mass is 16.5. The van der Waals surface area contributed by atoms with E-state index in [-0.39, 0.29) is 0 Å². The number of nitrogens with zero attached hydrogens (tertiary/aromatic N) is 1. The van der Waals surface area contributed by atoms with Gasteiger partial charge in [0.1, 0.15) is 12.2 Å². The number of carbonyl (C=O) groups excluding carboxylic acids is 1. The summed E-state index contributed by atoms with van der Waals surface area (Å²) in [4.78, 5) is 27.6. The number of hydrogen-bond acceptors (Lipinski definition) is 4. The molecule has 0 saturated heterocycles. The van der Waals surface area contributed by atoms with Gasteiger partial charge in [0.2, 0.25) is 0 Å². The van der Waals surface area contributed by atoms with E-state index in [1.807, 2.05) is 12.3 Å². The Bertz CT molecular complexity index is 717. The number of aromatic amines is 1. The molecule has 0 bridgehead atoms. The SMILES string of the molecule is CCCN(CCC)CCc1c[nH]c2cc(OC(=O)CC(=O)O)ccc12. The van der Waals surface area contributed by atoms with Crippen LogP contribution >= 0.6 is 0 Å². The molecule has 0 spiro atoms. The molecule has 0 aliphatic rings. The number of carboxylic acids is 1. The van der Waals surface area contributed by atoms with Gasteiger partial charge in [-0.3, -0.25) is 9.59 Å². The smallest absolute Gasteiger partial charge is 0.322 e. The summed E-state index contributed by atoms with van der Waals surface area (Å²) in [5.74, 6) is -1.61. The monoisotopic (exact) mass is 346 g/mol. The van der Waals surface area contributed by atoms with Crippen LogP contribution in [0.1, 0.15) is 38.7 Å². The predicted octanol–water partition coefficient (Wildman–Crippen LogP) is 3.21. The molecule has 2 N–H and O–H groups in total. The number of aliphatic carboxylic acids is 1. The quantitative estimate of drug-likeness (QED) is 0.392. The number of hydrogen-bond donors (Lipinski definition) is 2. The molecule has 0 unspecified atom stereocenters. The molecule has 1 aromatic carbocycles. The molecule has 0 aliphatic heterocycles. The van der Waals surface area contributed by atoms with Crippen LogP contribution in [-0.2, 0) is 16.0 Å². The maximum absolute atomic E-state index is 11.4. The zero-order valence-electron chi connectivity index (χ0n) is 14.9. The second kappa shape index (κ2) is 9.22. The van der Waals surface area contributed by atoms with Gasteiger partial charge in [-0.1, -0.05) is 13.8 Å². The fraction of sp³-hybridized carbons (Fsp3) is 0.474. The van der Waals surface area contributed by atoms with Crippen molar-refractivity contribution in [2.45, 2.75) is 39.5 Å². The van der Waals surface area contributed by atoms with E-state index in [0.29, 0.717) is 5.75 Å². The van der Waals surface area contributed by atoms with Gasteiger partial charge in [0.15, 0.2) is 0 Å². The summed E-state index contributed by atoms with van der Waals surface area (Å²) in [6.45, 7) is 7.63. The molecule has 1 aromatic heterocycles. The van der Waals surface area contributed by atoms with Crippen LogP contribution in [0.4, 0.5) is 0 Å². The first kappa shape index (κ1) is 19.0. The number of esters is 1. The molecule has 0 saturated carbocycles. The van der Waals surface area contributed by atoms with Crippen molar-refractivity contribution in [2.24, 2.45) is 0 Å². The van der Waals surface area contributed by atoms with Gasteiger partial charge in [0.05, 0.1) is 0 Å². The Balaban J connectivity index is 2.03. The number of rotatable bonds is 10. The van der Waals surface area contributed by atoms with Crippen molar-refractivity contribution < 1.29 is 19.4 Å². The van der Waals surface area contributed by atoms with Crippen molar-refractivity contribution in [3.63, 3.8) is 0 Å². The maximum Gasteiger partial charge on any atom is 0.322 e. The van der Waals surface area contributed by atoms with E-state index in [0.717, 1.165) is 49.8 Å². The zero-order chi connectivity index (χ0) is 18.2. The van der Waals surface area contributed by atoms with E-state index in [2.05, 4.69) is 23.7 Å². The Morgan fingerprint density at radius 2 is 1.88 bits per heavy atom. The van der Waals surface area contributed by atoms with E-state index >= 15 is 0 Å². The number of carbonyl (C=O) groups is 2. The maximum atomic E-state index is 11.4. The highest BCUT2D eigenvalue weighted by Crippen LogP contribution is 2.24. The van der Waals surface area contributed by atoms with Gasteiger partial charge < -0.3 is 19.7 Å². The van der Waals surface area contributed by atoms with Gasteiger partial charge in [0.25, 0.3) is 0 Å². The van der Waals surface area contributed by atoms with Crippen LogP contribution in [0, 0.1) is 0 Å². The number of carboxylic acid groups (broad SMARTS) is 1. The van der Waals surface area contributed by atoms with E-state index in [1.165, 1.54) is 5.56 Å². The molecule has 0 aliphatic carbocycles. The Kier molecular flexibility index (Phi) is 7.01. The zero-order valence-corrected chi connectivity index (χ0v) is 14.9. The predicted molar refractivity (Wildman–Crippen MR) is 96.9 cm³/mol. The first-order chi connectivity index (χ1) is 12.0. The third-order valence-corrected chi connectivity index (χ3v) is 4.04. The minimum absolute atomic E-state index is 0.353. The highest BCUT2D eigenvalue weighted by Gasteiger charge is 2.12. The van der Waals surface area contributed by atoms with Crippen molar-refractivity contribution in [1.82, 2.24) is 9.88 Å². The van der Waals surface area contributed by atoms with Crippen LogP contribution in [0.25, 0.3) is 10.9 Å². The van der Waals surface area contributed by atoms with Crippen molar-refractivity contribution in [3.8, 4) is 5.75 Å². The molecular weight excluding hydrogens is 320 g/mol. The topological polar surface area (TPSA) is 82.6 Å². The Morgan fingerprint density at radius 1 is 1.16 bits per heavy atom. The van der Waals surface area contributed by atoms with E-state index < -0.39 is 18.4 Å². The summed E-state index contributed by atoms with van der Waals surface area (Å²) in [6.07, 6.45) is 4.61. The number of ether oxygens (including phenoxy) is 1. The Hall–Kier alpha value is -2.34. The third-order valence-electron chi connectivity index (χ3n) is 4.04. The molecule has 6 heteroatoms. The van der Waals surface area contributed by atoms with Gasteiger partial charge in [0, 0.05) is 29.7 Å². The minimum atomic E-state index is -1.20. The number of fused-ring (bicyclic) bond motifs is 1. The van der Waals surface area contributed by atoms with Crippen molar-refractivity contribution in [2.75, 3.05) is 19.6 Å². The molecule has 0 amide bonds. The summed E-state index contributed by atoms with van der Waals surface area (Å²) < 4.78 is 5.06. The van der Waals surface area contributed by atoms with Crippen molar-refractivity contribution in [1.29, 1.82) is 0 Å². The number of aromatic nitrogens is 1. The molecule has 0 radical (unpaired) electrons. The molecule has 136 valence electrons. The minimum Gasteiger partial charge on any atom is -0.481 e. The number of benzene rings is 1. The van der Waals surface area contributed by atoms with Gasteiger partial charge in [-0.05, 0) is 50.0 Å². The van der Waals surface area contributed by atoms with Crippen molar-refractivity contribution >= 4 is 22.8 Å². The lowest BCUT2D eigenvalue weighted by Crippen LogP contribution is -2.27. The van der Waals surface area contributed by atoms with Crippen LogP contribution < -0.4 is 4.74 Å². The molecule has 6 nitrogen and oxygen atoms in total. The molecule has 2 rings (SSSR count). The number of nitrogens with one attached hydrogen (secondary N) is 1. The van der Waals surface area contributed by atoms with E-state index in [4.69, 9.17) is 9.84 Å². The van der Waals surface area contributed by atoms with Crippen LogP contribution in [0.2, 0.25) is 0 Å². The lowest BCUT2D eigenvalue weighted by atomic mass is 10.1. The standard InChI is InChI=1S/C19H26N2O4/c1-3-8-21(9-4-2)10-7-14-13-20-17-11-15(5-6-16(14)17)25-19(24)12-18(22)23/h5-6,11,13,20H,3-4,7-10,12H2,1-2H3,(H,22,23). The molecule has 25 heavy (non-hydrogen) atoms. The molecular formula is C19H26N2O4. The van der Waals surface area contributed by atoms with E-state index in [1.54, 1.807) is 12.1 Å².